The Bertz CT molecular complexity index is 1140. The molecule has 0 radical (unpaired) electrons. The van der Waals surface area contributed by atoms with Gasteiger partial charge in [0.15, 0.2) is 5.16 Å². The molecule has 3 aromatic rings. The molecule has 4 rings (SSSR count). The van der Waals surface area contributed by atoms with Crippen molar-refractivity contribution in [2.24, 2.45) is 7.05 Å². The third-order valence-electron chi connectivity index (χ3n) is 5.04. The Morgan fingerprint density at radius 3 is 2.69 bits per heavy atom. The number of nitrogens with zero attached hydrogens (tertiary/aromatic N) is 2. The molecule has 2 aromatic carbocycles. The molecule has 0 spiro atoms. The van der Waals surface area contributed by atoms with Crippen LogP contribution in [0.25, 0.3) is 0 Å². The second kappa shape index (κ2) is 8.16. The quantitative estimate of drug-likeness (QED) is 0.447. The van der Waals surface area contributed by atoms with Gasteiger partial charge in [0.05, 0.1) is 5.56 Å². The van der Waals surface area contributed by atoms with Gasteiger partial charge in [-0.15, -0.1) is 0 Å². The van der Waals surface area contributed by atoms with Crippen molar-refractivity contribution < 1.29 is 4.79 Å². The average molecular weight is 470 g/mol. The number of nitrogens with one attached hydrogen (secondary N) is 1. The van der Waals surface area contributed by atoms with Crippen molar-refractivity contribution in [3.05, 3.63) is 85.6 Å². The van der Waals surface area contributed by atoms with Gasteiger partial charge >= 0.3 is 0 Å². The molecule has 1 aliphatic heterocycles. The number of benzene rings is 2. The lowest BCUT2D eigenvalue weighted by atomic mass is 9.87. The highest BCUT2D eigenvalue weighted by atomic mass is 79.9. The van der Waals surface area contributed by atoms with Gasteiger partial charge in [-0.3, -0.25) is 9.59 Å². The van der Waals surface area contributed by atoms with E-state index >= 15 is 0 Å². The molecule has 1 amide bonds. The lowest BCUT2D eigenvalue weighted by molar-refractivity contribution is -0.116. The van der Waals surface area contributed by atoms with Crippen molar-refractivity contribution in [3.8, 4) is 0 Å². The van der Waals surface area contributed by atoms with Crippen molar-refractivity contribution in [2.45, 2.75) is 30.2 Å². The van der Waals surface area contributed by atoms with Gasteiger partial charge in [0, 0.05) is 29.6 Å². The zero-order valence-electron chi connectivity index (χ0n) is 16.1. The summed E-state index contributed by atoms with van der Waals surface area (Å²) in [6.45, 7) is 2.05. The highest BCUT2D eigenvalue weighted by molar-refractivity contribution is 9.10. The van der Waals surface area contributed by atoms with E-state index in [1.807, 2.05) is 35.9 Å². The molecule has 1 N–H and O–H groups in total. The molecular formula is C22H20BrN3O2S. The van der Waals surface area contributed by atoms with Crippen LogP contribution in [0.1, 0.15) is 34.6 Å². The molecular weight excluding hydrogens is 450 g/mol. The number of aromatic nitrogens is 2. The Kier molecular flexibility index (Phi) is 5.61. The molecule has 0 bridgehead atoms. The van der Waals surface area contributed by atoms with Gasteiger partial charge in [-0.1, -0.05) is 69.7 Å². The van der Waals surface area contributed by atoms with E-state index in [4.69, 9.17) is 0 Å². The van der Waals surface area contributed by atoms with Gasteiger partial charge in [-0.2, -0.15) is 4.98 Å². The number of carbonyl (C=O) groups excluding carboxylic acids is 1. The number of thioether (sulfide) groups is 1. The van der Waals surface area contributed by atoms with E-state index in [0.29, 0.717) is 22.3 Å². The molecule has 0 aliphatic carbocycles. The van der Waals surface area contributed by atoms with Crippen LogP contribution in [0.2, 0.25) is 0 Å². The van der Waals surface area contributed by atoms with Crippen LogP contribution in [0.4, 0.5) is 5.82 Å². The zero-order chi connectivity index (χ0) is 20.5. The Hall–Kier alpha value is -2.38. The molecule has 148 valence electrons. The summed E-state index contributed by atoms with van der Waals surface area (Å²) in [6, 6.07) is 16.0. The summed E-state index contributed by atoms with van der Waals surface area (Å²) in [5, 5.41) is 3.48. The molecule has 29 heavy (non-hydrogen) atoms. The minimum atomic E-state index is -0.307. The summed E-state index contributed by atoms with van der Waals surface area (Å²) in [4.78, 5) is 29.7. The fourth-order valence-corrected chi connectivity index (χ4v) is 4.84. The number of aryl methyl sites for hydroxylation is 1. The Morgan fingerprint density at radius 1 is 1.21 bits per heavy atom. The van der Waals surface area contributed by atoms with E-state index < -0.39 is 0 Å². The maximum atomic E-state index is 13.0. The van der Waals surface area contributed by atoms with Gasteiger partial charge < -0.3 is 9.88 Å². The van der Waals surface area contributed by atoms with Gasteiger partial charge in [-0.25, -0.2) is 0 Å². The van der Waals surface area contributed by atoms with Crippen LogP contribution in [0.5, 0.6) is 0 Å². The molecule has 1 atom stereocenters. The minimum absolute atomic E-state index is 0.0989. The fraction of sp³-hybridized carbons (Fsp3) is 0.227. The van der Waals surface area contributed by atoms with E-state index in [1.54, 1.807) is 0 Å². The van der Waals surface area contributed by atoms with Crippen LogP contribution in [0.15, 0.2) is 63.0 Å². The largest absolute Gasteiger partial charge is 0.312 e. The van der Waals surface area contributed by atoms with E-state index in [0.717, 1.165) is 15.6 Å². The summed E-state index contributed by atoms with van der Waals surface area (Å²) in [5.41, 5.74) is 3.55. The van der Waals surface area contributed by atoms with Gasteiger partial charge in [-0.05, 0) is 30.2 Å². The van der Waals surface area contributed by atoms with Crippen molar-refractivity contribution in [2.75, 3.05) is 5.32 Å². The lowest BCUT2D eigenvalue weighted by Crippen LogP contribution is -2.33. The first-order chi connectivity index (χ1) is 13.9. The van der Waals surface area contributed by atoms with Crippen molar-refractivity contribution in [1.29, 1.82) is 0 Å². The maximum absolute atomic E-state index is 13.0. The number of halogens is 1. The summed E-state index contributed by atoms with van der Waals surface area (Å²) in [7, 11) is 1.84. The highest BCUT2D eigenvalue weighted by Crippen LogP contribution is 2.36. The summed E-state index contributed by atoms with van der Waals surface area (Å²) in [6.07, 6.45) is 0.232. The molecule has 1 unspecified atom stereocenters. The lowest BCUT2D eigenvalue weighted by Gasteiger charge is -2.27. The molecule has 0 saturated carbocycles. The summed E-state index contributed by atoms with van der Waals surface area (Å²) >= 11 is 4.96. The molecule has 2 heterocycles. The maximum Gasteiger partial charge on any atom is 0.279 e. The SMILES string of the molecule is Cc1ccc(CSc2nc(=O)c3c(n2C)NC(=O)CC3c2cccc(Br)c2)cc1. The molecule has 5 nitrogen and oxygen atoms in total. The van der Waals surface area contributed by atoms with Crippen LogP contribution < -0.4 is 10.9 Å². The fourth-order valence-electron chi connectivity index (χ4n) is 3.50. The summed E-state index contributed by atoms with van der Waals surface area (Å²) in [5.74, 6) is 0.830. The first-order valence-corrected chi connectivity index (χ1v) is 11.0. The number of hydrogen-bond donors (Lipinski definition) is 1. The molecule has 0 fully saturated rings. The first kappa shape index (κ1) is 19.9. The second-order valence-corrected chi connectivity index (χ2v) is 9.01. The van der Waals surface area contributed by atoms with Crippen LogP contribution in [-0.4, -0.2) is 15.5 Å². The van der Waals surface area contributed by atoms with E-state index in [1.165, 1.54) is 17.3 Å². The van der Waals surface area contributed by atoms with Crippen molar-refractivity contribution in [1.82, 2.24) is 9.55 Å². The number of carbonyl (C=O) groups is 1. The van der Waals surface area contributed by atoms with E-state index in [-0.39, 0.29) is 23.8 Å². The smallest absolute Gasteiger partial charge is 0.279 e. The number of anilines is 1. The highest BCUT2D eigenvalue weighted by Gasteiger charge is 2.32. The van der Waals surface area contributed by atoms with Crippen LogP contribution in [-0.2, 0) is 17.6 Å². The Labute approximate surface area is 181 Å². The molecule has 7 heteroatoms. The monoisotopic (exact) mass is 469 g/mol. The van der Waals surface area contributed by atoms with Gasteiger partial charge in [0.1, 0.15) is 5.82 Å². The topological polar surface area (TPSA) is 64.0 Å². The van der Waals surface area contributed by atoms with Crippen LogP contribution >= 0.6 is 27.7 Å². The van der Waals surface area contributed by atoms with E-state index in [9.17, 15) is 9.59 Å². The molecule has 1 aromatic heterocycles. The van der Waals surface area contributed by atoms with Crippen molar-refractivity contribution >= 4 is 39.4 Å². The number of amides is 1. The minimum Gasteiger partial charge on any atom is -0.312 e. The Morgan fingerprint density at radius 2 is 1.97 bits per heavy atom. The predicted octanol–water partition coefficient (Wildman–Crippen LogP) is 4.62. The zero-order valence-corrected chi connectivity index (χ0v) is 18.5. The normalized spacial score (nSPS) is 15.7. The predicted molar refractivity (Wildman–Crippen MR) is 119 cm³/mol. The van der Waals surface area contributed by atoms with E-state index in [2.05, 4.69) is 57.4 Å². The molecule has 0 saturated heterocycles. The number of rotatable bonds is 4. The van der Waals surface area contributed by atoms with Gasteiger partial charge in [0.2, 0.25) is 5.91 Å². The summed E-state index contributed by atoms with van der Waals surface area (Å²) < 4.78 is 2.73. The van der Waals surface area contributed by atoms with Crippen molar-refractivity contribution in [3.63, 3.8) is 0 Å². The standard InChI is InChI=1S/C22H20BrN3O2S/c1-13-6-8-14(9-7-13)12-29-22-25-21(28)19-17(15-4-3-5-16(23)10-15)11-18(27)24-20(19)26(22)2/h3-10,17H,11-12H2,1-2H3,(H,24,27). The van der Waals surface area contributed by atoms with Crippen LogP contribution in [0, 0.1) is 6.92 Å². The first-order valence-electron chi connectivity index (χ1n) is 9.27. The average Bonchev–Trinajstić information content (AvgIpc) is 2.70. The second-order valence-electron chi connectivity index (χ2n) is 7.15. The number of fused-ring (bicyclic) bond motifs is 1. The number of hydrogen-bond acceptors (Lipinski definition) is 4. The third kappa shape index (κ3) is 4.16. The Balaban J connectivity index is 1.71. The van der Waals surface area contributed by atoms with Crippen LogP contribution in [0.3, 0.4) is 0 Å². The molecule has 1 aliphatic rings. The van der Waals surface area contributed by atoms with Gasteiger partial charge in [0.25, 0.3) is 5.56 Å². The third-order valence-corrected chi connectivity index (χ3v) is 6.63.